The molecule has 1 aliphatic heterocycles. The number of hydrogen-bond donors (Lipinski definition) is 2. The van der Waals surface area contributed by atoms with E-state index >= 15 is 0 Å². The molecule has 0 aliphatic carbocycles. The molecule has 27 heavy (non-hydrogen) atoms. The van der Waals surface area contributed by atoms with E-state index in [1.807, 2.05) is 24.3 Å². The third-order valence-corrected chi connectivity index (χ3v) is 4.58. The maximum atomic E-state index is 12.1. The van der Waals surface area contributed by atoms with Crippen molar-refractivity contribution in [1.82, 2.24) is 9.97 Å². The number of esters is 1. The molecule has 1 aliphatic rings. The number of nitrogens with zero attached hydrogens (tertiary/aromatic N) is 2. The van der Waals surface area contributed by atoms with Gasteiger partial charge in [-0.1, -0.05) is 23.7 Å². The second-order valence-corrected chi connectivity index (χ2v) is 6.66. The summed E-state index contributed by atoms with van der Waals surface area (Å²) in [6, 6.07) is 13.6. The molecule has 3 aromatic rings. The fourth-order valence-corrected chi connectivity index (χ4v) is 3.16. The summed E-state index contributed by atoms with van der Waals surface area (Å²) in [5.74, 6) is 0.502. The van der Waals surface area contributed by atoms with Gasteiger partial charge < -0.3 is 15.4 Å². The van der Waals surface area contributed by atoms with Gasteiger partial charge in [0.15, 0.2) is 5.82 Å². The minimum Gasteiger partial charge on any atom is -0.465 e. The molecule has 136 valence electrons. The largest absolute Gasteiger partial charge is 0.465 e. The van der Waals surface area contributed by atoms with E-state index in [1.54, 1.807) is 6.07 Å². The van der Waals surface area contributed by atoms with Gasteiger partial charge in [-0.25, -0.2) is 9.78 Å². The SMILES string of the molecule is COC(=O)c1cc2cc(c1)Nc1nc(ncc1Cl)Nc1cccc(c1)CC2. The molecular weight excluding hydrogens is 364 g/mol. The van der Waals surface area contributed by atoms with Crippen LogP contribution in [-0.4, -0.2) is 23.0 Å². The number of carbonyl (C=O) groups is 1. The van der Waals surface area contributed by atoms with Crippen molar-refractivity contribution in [1.29, 1.82) is 0 Å². The predicted molar refractivity (Wildman–Crippen MR) is 105 cm³/mol. The third-order valence-electron chi connectivity index (χ3n) is 4.31. The van der Waals surface area contributed by atoms with Gasteiger partial charge in [-0.2, -0.15) is 4.98 Å². The minimum absolute atomic E-state index is 0.384. The van der Waals surface area contributed by atoms with E-state index in [4.69, 9.17) is 16.3 Å². The summed E-state index contributed by atoms with van der Waals surface area (Å²) in [5, 5.41) is 6.77. The zero-order chi connectivity index (χ0) is 18.8. The Hall–Kier alpha value is -3.12. The summed E-state index contributed by atoms with van der Waals surface area (Å²) in [6.07, 6.45) is 3.15. The lowest BCUT2D eigenvalue weighted by Gasteiger charge is -2.12. The molecule has 4 rings (SSSR count). The number of methoxy groups -OCH3 is 1. The Morgan fingerprint density at radius 3 is 2.74 bits per heavy atom. The predicted octanol–water partition coefficient (Wildman–Crippen LogP) is 4.50. The Morgan fingerprint density at radius 1 is 1.07 bits per heavy atom. The van der Waals surface area contributed by atoms with Crippen LogP contribution >= 0.6 is 11.6 Å². The number of fused-ring (bicyclic) bond motifs is 6. The quantitative estimate of drug-likeness (QED) is 0.605. The molecule has 0 fully saturated rings. The van der Waals surface area contributed by atoms with Gasteiger partial charge in [-0.05, 0) is 54.3 Å². The van der Waals surface area contributed by atoms with Crippen molar-refractivity contribution in [3.63, 3.8) is 0 Å². The molecule has 2 N–H and O–H groups in total. The van der Waals surface area contributed by atoms with Crippen LogP contribution in [0.25, 0.3) is 0 Å². The molecule has 7 heteroatoms. The average molecular weight is 381 g/mol. The van der Waals surface area contributed by atoms with E-state index in [0.717, 1.165) is 24.1 Å². The van der Waals surface area contributed by atoms with Gasteiger partial charge in [-0.3, -0.25) is 0 Å². The highest BCUT2D eigenvalue weighted by molar-refractivity contribution is 6.32. The van der Waals surface area contributed by atoms with Crippen molar-refractivity contribution in [3.05, 3.63) is 70.4 Å². The van der Waals surface area contributed by atoms with Crippen LogP contribution in [0.4, 0.5) is 23.1 Å². The number of carbonyl (C=O) groups excluding carboxylic acids is 1. The molecule has 2 heterocycles. The van der Waals surface area contributed by atoms with Gasteiger partial charge in [0.2, 0.25) is 5.95 Å². The number of rotatable bonds is 1. The van der Waals surface area contributed by atoms with Crippen LogP contribution in [0.2, 0.25) is 5.02 Å². The van der Waals surface area contributed by atoms with Crippen LogP contribution in [0.5, 0.6) is 0 Å². The molecule has 0 radical (unpaired) electrons. The molecule has 0 saturated carbocycles. The van der Waals surface area contributed by atoms with Gasteiger partial charge >= 0.3 is 5.97 Å². The Labute approximate surface area is 161 Å². The Kier molecular flexibility index (Phi) is 4.64. The number of anilines is 4. The highest BCUT2D eigenvalue weighted by Gasteiger charge is 2.13. The summed E-state index contributed by atoms with van der Waals surface area (Å²) in [4.78, 5) is 20.8. The Balaban J connectivity index is 1.84. The molecule has 0 spiro atoms. The van der Waals surface area contributed by atoms with Crippen LogP contribution < -0.4 is 10.6 Å². The maximum Gasteiger partial charge on any atom is 0.337 e. The molecule has 2 aromatic carbocycles. The Bertz CT molecular complexity index is 1020. The summed E-state index contributed by atoms with van der Waals surface area (Å²) in [5.41, 5.74) is 4.28. The van der Waals surface area contributed by atoms with Crippen LogP contribution in [0, 0.1) is 0 Å². The molecule has 0 amide bonds. The Morgan fingerprint density at radius 2 is 1.89 bits per heavy atom. The van der Waals surface area contributed by atoms with Crippen LogP contribution in [0.1, 0.15) is 21.5 Å². The standard InChI is InChI=1S/C20H17ClN4O2/c1-27-19(26)14-7-13-6-5-12-3-2-4-15(8-12)24-20-22-11-17(21)18(25-20)23-16(9-13)10-14/h2-4,7-11H,5-6H2,1H3,(H2,22,23,24,25). The van der Waals surface area contributed by atoms with Crippen molar-refractivity contribution >= 4 is 40.7 Å². The number of aryl methyl sites for hydroxylation is 2. The lowest BCUT2D eigenvalue weighted by Crippen LogP contribution is -2.05. The summed E-state index contributed by atoms with van der Waals surface area (Å²) < 4.78 is 4.88. The fraction of sp³-hybridized carbons (Fsp3) is 0.150. The molecule has 6 bridgehead atoms. The lowest BCUT2D eigenvalue weighted by atomic mass is 10.0. The van der Waals surface area contributed by atoms with Crippen LogP contribution in [0.15, 0.2) is 48.7 Å². The van der Waals surface area contributed by atoms with E-state index in [9.17, 15) is 4.79 Å². The minimum atomic E-state index is -0.387. The topological polar surface area (TPSA) is 76.1 Å². The van der Waals surface area contributed by atoms with Crippen molar-refractivity contribution in [2.75, 3.05) is 17.7 Å². The molecule has 0 atom stereocenters. The molecule has 1 aromatic heterocycles. The van der Waals surface area contributed by atoms with Crippen molar-refractivity contribution in [2.24, 2.45) is 0 Å². The number of ether oxygens (including phenoxy) is 1. The van der Waals surface area contributed by atoms with Gasteiger partial charge in [0.25, 0.3) is 0 Å². The first-order valence-electron chi connectivity index (χ1n) is 8.48. The zero-order valence-corrected chi connectivity index (χ0v) is 15.4. The summed E-state index contributed by atoms with van der Waals surface area (Å²) >= 11 is 6.26. The first-order valence-corrected chi connectivity index (χ1v) is 8.86. The van der Waals surface area contributed by atoms with Crippen molar-refractivity contribution in [2.45, 2.75) is 12.8 Å². The zero-order valence-electron chi connectivity index (χ0n) is 14.6. The highest BCUT2D eigenvalue weighted by Crippen LogP contribution is 2.27. The van der Waals surface area contributed by atoms with Gasteiger partial charge in [-0.15, -0.1) is 0 Å². The van der Waals surface area contributed by atoms with Gasteiger partial charge in [0, 0.05) is 11.4 Å². The monoisotopic (exact) mass is 380 g/mol. The number of nitrogens with one attached hydrogen (secondary N) is 2. The number of halogens is 1. The van der Waals surface area contributed by atoms with Crippen LogP contribution in [-0.2, 0) is 17.6 Å². The molecule has 6 nitrogen and oxygen atoms in total. The second-order valence-electron chi connectivity index (χ2n) is 6.25. The van der Waals surface area contributed by atoms with Crippen molar-refractivity contribution in [3.8, 4) is 0 Å². The lowest BCUT2D eigenvalue weighted by molar-refractivity contribution is 0.0600. The van der Waals surface area contributed by atoms with E-state index < -0.39 is 0 Å². The maximum absolute atomic E-state index is 12.1. The molecular formula is C20H17ClN4O2. The number of benzene rings is 2. The second kappa shape index (κ2) is 7.25. The smallest absolute Gasteiger partial charge is 0.337 e. The van der Waals surface area contributed by atoms with E-state index in [2.05, 4.69) is 32.7 Å². The molecule has 0 unspecified atom stereocenters. The first kappa shape index (κ1) is 17.3. The van der Waals surface area contributed by atoms with Crippen LogP contribution in [0.3, 0.4) is 0 Å². The number of aromatic nitrogens is 2. The molecule has 0 saturated heterocycles. The van der Waals surface area contributed by atoms with E-state index in [1.165, 1.54) is 18.9 Å². The van der Waals surface area contributed by atoms with E-state index in [0.29, 0.717) is 28.0 Å². The van der Waals surface area contributed by atoms with Crippen molar-refractivity contribution < 1.29 is 9.53 Å². The van der Waals surface area contributed by atoms with Gasteiger partial charge in [0.05, 0.1) is 18.9 Å². The first-order chi connectivity index (χ1) is 13.1. The number of hydrogen-bond acceptors (Lipinski definition) is 6. The summed E-state index contributed by atoms with van der Waals surface area (Å²) in [7, 11) is 1.37. The van der Waals surface area contributed by atoms with E-state index in [-0.39, 0.29) is 5.97 Å². The highest BCUT2D eigenvalue weighted by atomic mass is 35.5. The third kappa shape index (κ3) is 3.85. The normalized spacial score (nSPS) is 12.5. The average Bonchev–Trinajstić information content (AvgIpc) is 2.68. The van der Waals surface area contributed by atoms with Gasteiger partial charge in [0.1, 0.15) is 5.02 Å². The fourth-order valence-electron chi connectivity index (χ4n) is 3.02. The summed E-state index contributed by atoms with van der Waals surface area (Å²) in [6.45, 7) is 0.